The highest BCUT2D eigenvalue weighted by atomic mass is 16.6. The highest BCUT2D eigenvalue weighted by Gasteiger charge is 2.42. The highest BCUT2D eigenvalue weighted by Crippen LogP contribution is 2.49. The molecule has 1 fully saturated rings. The molecule has 1 saturated carbocycles. The molecule has 2 aromatic rings. The number of esters is 1. The number of aliphatic hydroxyl groups excluding tert-OH is 2. The zero-order chi connectivity index (χ0) is 32.9. The Morgan fingerprint density at radius 3 is 1.86 bits per heavy atom. The Labute approximate surface area is 262 Å². The molecular formula is C35H51NO8. The van der Waals surface area contributed by atoms with Crippen LogP contribution in [0.25, 0.3) is 0 Å². The Balaban J connectivity index is 1.65. The molecule has 3 rings (SSSR count). The van der Waals surface area contributed by atoms with E-state index in [1.165, 1.54) is 0 Å². The number of benzene rings is 2. The Morgan fingerprint density at radius 2 is 1.34 bits per heavy atom. The highest BCUT2D eigenvalue weighted by molar-refractivity contribution is 5.70. The zero-order valence-electron chi connectivity index (χ0n) is 27.8. The molecule has 2 atom stereocenters. The maximum Gasteiger partial charge on any atom is 0.408 e. The molecule has 0 saturated heterocycles. The van der Waals surface area contributed by atoms with E-state index < -0.39 is 17.3 Å². The van der Waals surface area contributed by atoms with E-state index in [1.54, 1.807) is 52.3 Å². The van der Waals surface area contributed by atoms with E-state index in [-0.39, 0.29) is 42.5 Å². The van der Waals surface area contributed by atoms with Crippen LogP contribution < -0.4 is 14.8 Å². The quantitative estimate of drug-likeness (QED) is 0.232. The first-order chi connectivity index (χ1) is 20.4. The molecule has 1 aliphatic rings. The number of hydrogen-bond acceptors (Lipinski definition) is 8. The number of carbonyl (C=O) groups excluding carboxylic acids is 2. The summed E-state index contributed by atoms with van der Waals surface area (Å²) in [6.45, 7) is 13.4. The van der Waals surface area contributed by atoms with Crippen molar-refractivity contribution in [3.63, 3.8) is 0 Å². The third-order valence-corrected chi connectivity index (χ3v) is 8.57. The van der Waals surface area contributed by atoms with Crippen molar-refractivity contribution in [2.45, 2.75) is 111 Å². The molecule has 44 heavy (non-hydrogen) atoms. The molecule has 9 nitrogen and oxygen atoms in total. The fourth-order valence-corrected chi connectivity index (χ4v) is 6.66. The first-order valence-corrected chi connectivity index (χ1v) is 15.2. The number of amides is 1. The molecule has 2 unspecified atom stereocenters. The summed E-state index contributed by atoms with van der Waals surface area (Å²) in [4.78, 5) is 26.3. The van der Waals surface area contributed by atoms with Crippen LogP contribution in [-0.4, -0.2) is 42.5 Å². The predicted octanol–water partition coefficient (Wildman–Crippen LogP) is 6.49. The molecule has 3 N–H and O–H groups in total. The summed E-state index contributed by atoms with van der Waals surface area (Å²) in [5.41, 5.74) is 0.586. The van der Waals surface area contributed by atoms with Gasteiger partial charge in [-0.3, -0.25) is 4.79 Å². The van der Waals surface area contributed by atoms with Gasteiger partial charge in [0.25, 0.3) is 0 Å². The molecule has 0 bridgehead atoms. The van der Waals surface area contributed by atoms with Crippen LogP contribution in [0.4, 0.5) is 4.79 Å². The number of carbonyl (C=O) groups is 2. The smallest absolute Gasteiger partial charge is 0.408 e. The van der Waals surface area contributed by atoms with Crippen molar-refractivity contribution < 1.29 is 38.7 Å². The standard InChI is InChI=1S/C35H51NO8/c1-32(2)18-27(36-31(40)44-34(5,6)25-13-23(20-37)12-24(14-25)21-38)19-35(7,22-32)11-10-30(39)43-33(3,4)26-15-28(41-8)17-29(16-26)42-9/h12-17,27,37-38H,10-11,18-22H2,1-9H3,(H,36,40). The molecule has 9 heteroatoms. The summed E-state index contributed by atoms with van der Waals surface area (Å²) in [6, 6.07) is 10.6. The summed E-state index contributed by atoms with van der Waals surface area (Å²) in [5.74, 6) is 0.948. The predicted molar refractivity (Wildman–Crippen MR) is 168 cm³/mol. The largest absolute Gasteiger partial charge is 0.497 e. The van der Waals surface area contributed by atoms with Crippen molar-refractivity contribution in [3.8, 4) is 11.5 Å². The average Bonchev–Trinajstić information content (AvgIpc) is 2.93. The monoisotopic (exact) mass is 613 g/mol. The van der Waals surface area contributed by atoms with Gasteiger partial charge in [-0.2, -0.15) is 0 Å². The van der Waals surface area contributed by atoms with Gasteiger partial charge < -0.3 is 34.5 Å². The van der Waals surface area contributed by atoms with E-state index in [0.717, 1.165) is 18.4 Å². The second kappa shape index (κ2) is 13.8. The molecule has 244 valence electrons. The van der Waals surface area contributed by atoms with E-state index >= 15 is 0 Å². The van der Waals surface area contributed by atoms with Crippen LogP contribution in [0.15, 0.2) is 36.4 Å². The molecule has 0 aromatic heterocycles. The van der Waals surface area contributed by atoms with Gasteiger partial charge in [-0.05, 0) is 105 Å². The minimum atomic E-state index is -0.990. The Morgan fingerprint density at radius 1 is 0.818 bits per heavy atom. The van der Waals surface area contributed by atoms with Crippen molar-refractivity contribution >= 4 is 12.1 Å². The fourth-order valence-electron chi connectivity index (χ4n) is 6.66. The van der Waals surface area contributed by atoms with Crippen molar-refractivity contribution in [1.29, 1.82) is 0 Å². The average molecular weight is 614 g/mol. The maximum atomic E-state index is 13.2. The molecule has 0 radical (unpaired) electrons. The second-order valence-corrected chi connectivity index (χ2v) is 14.2. The van der Waals surface area contributed by atoms with E-state index in [4.69, 9.17) is 18.9 Å². The lowest BCUT2D eigenvalue weighted by atomic mass is 9.61. The Kier molecular flexibility index (Phi) is 11.0. The van der Waals surface area contributed by atoms with Gasteiger partial charge in [0, 0.05) is 24.1 Å². The van der Waals surface area contributed by atoms with Gasteiger partial charge in [0.05, 0.1) is 27.4 Å². The van der Waals surface area contributed by atoms with Crippen LogP contribution in [0.2, 0.25) is 0 Å². The first kappa shape index (κ1) is 35.2. The summed E-state index contributed by atoms with van der Waals surface area (Å²) in [6.07, 6.45) is 2.71. The minimum absolute atomic E-state index is 0.0632. The van der Waals surface area contributed by atoms with Crippen molar-refractivity contribution in [2.24, 2.45) is 10.8 Å². The van der Waals surface area contributed by atoms with Gasteiger partial charge in [0.15, 0.2) is 0 Å². The van der Waals surface area contributed by atoms with Crippen LogP contribution in [-0.2, 0) is 38.7 Å². The van der Waals surface area contributed by atoms with E-state index in [9.17, 15) is 19.8 Å². The maximum absolute atomic E-state index is 13.2. The molecule has 2 aromatic carbocycles. The zero-order valence-corrected chi connectivity index (χ0v) is 27.8. The van der Waals surface area contributed by atoms with Crippen molar-refractivity contribution in [1.82, 2.24) is 5.32 Å². The first-order valence-electron chi connectivity index (χ1n) is 15.2. The van der Waals surface area contributed by atoms with Gasteiger partial charge in [-0.15, -0.1) is 0 Å². The topological polar surface area (TPSA) is 124 Å². The SMILES string of the molecule is COc1cc(OC)cc(C(C)(C)OC(=O)CCC2(C)CC(NC(=O)OC(C)(C)c3cc(CO)cc(CO)c3)CC(C)(C)C2)c1. The third-order valence-electron chi connectivity index (χ3n) is 8.57. The summed E-state index contributed by atoms with van der Waals surface area (Å²) in [7, 11) is 3.16. The normalized spacial score (nSPS) is 20.0. The Bertz CT molecular complexity index is 1270. The molecular weight excluding hydrogens is 562 g/mol. The molecule has 0 heterocycles. The van der Waals surface area contributed by atoms with Crippen LogP contribution in [0.5, 0.6) is 11.5 Å². The third kappa shape index (κ3) is 9.35. The van der Waals surface area contributed by atoms with Crippen molar-refractivity contribution in [3.05, 3.63) is 58.7 Å². The number of ether oxygens (including phenoxy) is 4. The van der Waals surface area contributed by atoms with E-state index in [2.05, 4.69) is 26.1 Å². The number of rotatable bonds is 12. The molecule has 0 spiro atoms. The van der Waals surface area contributed by atoms with Gasteiger partial charge in [0.2, 0.25) is 0 Å². The number of nitrogens with one attached hydrogen (secondary N) is 1. The Hall–Kier alpha value is -3.30. The van der Waals surface area contributed by atoms with Gasteiger partial charge in [0.1, 0.15) is 22.7 Å². The molecule has 0 aliphatic heterocycles. The lowest BCUT2D eigenvalue weighted by molar-refractivity contribution is -0.158. The summed E-state index contributed by atoms with van der Waals surface area (Å²) < 4.78 is 22.6. The van der Waals surface area contributed by atoms with Crippen LogP contribution in [0.1, 0.15) is 103 Å². The minimum Gasteiger partial charge on any atom is -0.497 e. The molecule has 1 amide bonds. The number of aliphatic hydroxyl groups is 2. The van der Waals surface area contributed by atoms with Gasteiger partial charge >= 0.3 is 12.1 Å². The summed E-state index contributed by atoms with van der Waals surface area (Å²) in [5, 5.41) is 22.3. The van der Waals surface area contributed by atoms with Crippen molar-refractivity contribution in [2.75, 3.05) is 14.2 Å². The van der Waals surface area contributed by atoms with Crippen LogP contribution >= 0.6 is 0 Å². The number of hydrogen-bond donors (Lipinski definition) is 3. The van der Waals surface area contributed by atoms with Crippen LogP contribution in [0, 0.1) is 10.8 Å². The fraction of sp³-hybridized carbons (Fsp3) is 0.600. The lowest BCUT2D eigenvalue weighted by Crippen LogP contribution is -2.48. The number of methoxy groups -OCH3 is 2. The van der Waals surface area contributed by atoms with E-state index in [0.29, 0.717) is 41.0 Å². The lowest BCUT2D eigenvalue weighted by Gasteiger charge is -2.47. The van der Waals surface area contributed by atoms with E-state index in [1.807, 2.05) is 26.0 Å². The molecule has 1 aliphatic carbocycles. The van der Waals surface area contributed by atoms with Gasteiger partial charge in [-0.1, -0.05) is 26.8 Å². The van der Waals surface area contributed by atoms with Crippen LogP contribution in [0.3, 0.4) is 0 Å². The second-order valence-electron chi connectivity index (χ2n) is 14.2. The van der Waals surface area contributed by atoms with Gasteiger partial charge in [-0.25, -0.2) is 4.79 Å². The number of alkyl carbamates (subject to hydrolysis) is 1. The summed E-state index contributed by atoms with van der Waals surface area (Å²) >= 11 is 0.